The average Bonchev–Trinajstić information content (AvgIpc) is 2.69. The molecule has 1 saturated heterocycles. The molecule has 1 aliphatic rings. The van der Waals surface area contributed by atoms with E-state index < -0.39 is 5.41 Å². The fraction of sp³-hybridized carbons (Fsp3) is 0.391. The zero-order valence-corrected chi connectivity index (χ0v) is 17.7. The molecule has 0 spiro atoms. The van der Waals surface area contributed by atoms with Crippen LogP contribution < -0.4 is 0 Å². The third-order valence-corrected chi connectivity index (χ3v) is 6.36. The first kappa shape index (κ1) is 20.7. The fourth-order valence-electron chi connectivity index (χ4n) is 4.05. The molecule has 0 aliphatic carbocycles. The van der Waals surface area contributed by atoms with Crippen LogP contribution in [0.1, 0.15) is 48.5 Å². The number of aromatic hydroxyl groups is 1. The molecule has 0 saturated carbocycles. The summed E-state index contributed by atoms with van der Waals surface area (Å²) in [6, 6.07) is 14.6. The molecule has 148 valence electrons. The van der Waals surface area contributed by atoms with E-state index in [-0.39, 0.29) is 17.3 Å². The van der Waals surface area contributed by atoms with Crippen molar-refractivity contribution in [3.8, 4) is 5.75 Å². The van der Waals surface area contributed by atoms with Crippen molar-refractivity contribution in [1.82, 2.24) is 4.90 Å². The summed E-state index contributed by atoms with van der Waals surface area (Å²) in [4.78, 5) is 27.1. The summed E-state index contributed by atoms with van der Waals surface area (Å²) < 4.78 is 0.970. The van der Waals surface area contributed by atoms with E-state index in [1.807, 2.05) is 30.3 Å². The lowest BCUT2D eigenvalue weighted by Gasteiger charge is -2.40. The Hall–Kier alpha value is -1.98. The van der Waals surface area contributed by atoms with Crippen LogP contribution in [-0.2, 0) is 10.2 Å². The number of ketones is 2. The molecule has 1 aliphatic heterocycles. The summed E-state index contributed by atoms with van der Waals surface area (Å²) in [6.45, 7) is 4.15. The second-order valence-electron chi connectivity index (χ2n) is 7.56. The average molecular weight is 444 g/mol. The van der Waals surface area contributed by atoms with Gasteiger partial charge in [0.05, 0.1) is 5.41 Å². The Labute approximate surface area is 174 Å². The molecule has 2 aromatic rings. The molecule has 0 bridgehead atoms. The lowest BCUT2D eigenvalue weighted by molar-refractivity contribution is -0.124. The second kappa shape index (κ2) is 9.01. The quantitative estimate of drug-likeness (QED) is 0.627. The van der Waals surface area contributed by atoms with Crippen molar-refractivity contribution in [2.24, 2.45) is 0 Å². The first-order chi connectivity index (χ1) is 13.4. The van der Waals surface area contributed by atoms with Crippen molar-refractivity contribution in [3.05, 3.63) is 64.1 Å². The molecular weight excluding hydrogens is 418 g/mol. The highest BCUT2D eigenvalue weighted by molar-refractivity contribution is 9.10. The third kappa shape index (κ3) is 4.70. The molecule has 0 aromatic heterocycles. The SMILES string of the molecule is CC(=O)C1(c2cccc(O)c2)CCN(CCCC(=O)c2ccc(Br)cc2)CC1. The van der Waals surface area contributed by atoms with Crippen LogP contribution in [-0.4, -0.2) is 41.2 Å². The number of carbonyl (C=O) groups excluding carboxylic acids is 2. The maximum Gasteiger partial charge on any atom is 0.162 e. The molecule has 2 aromatic carbocycles. The van der Waals surface area contributed by atoms with Crippen LogP contribution in [0, 0.1) is 0 Å². The first-order valence-corrected chi connectivity index (χ1v) is 10.5. The number of phenols is 1. The van der Waals surface area contributed by atoms with Gasteiger partial charge in [-0.2, -0.15) is 0 Å². The molecule has 1 N–H and O–H groups in total. The van der Waals surface area contributed by atoms with E-state index in [0.29, 0.717) is 6.42 Å². The van der Waals surface area contributed by atoms with Crippen LogP contribution in [0.2, 0.25) is 0 Å². The lowest BCUT2D eigenvalue weighted by atomic mass is 9.70. The van der Waals surface area contributed by atoms with E-state index in [0.717, 1.165) is 54.5 Å². The van der Waals surface area contributed by atoms with E-state index in [4.69, 9.17) is 0 Å². The van der Waals surface area contributed by atoms with Gasteiger partial charge in [-0.15, -0.1) is 0 Å². The maximum absolute atomic E-state index is 12.5. The number of rotatable bonds is 7. The standard InChI is InChI=1S/C23H26BrNO3/c1-17(26)23(19-4-2-5-21(27)16-19)11-14-25(15-12-23)13-3-6-22(28)18-7-9-20(24)10-8-18/h2,4-5,7-10,16,27H,3,6,11-15H2,1H3. The second-order valence-corrected chi connectivity index (χ2v) is 8.48. The van der Waals surface area contributed by atoms with E-state index in [2.05, 4.69) is 20.8 Å². The first-order valence-electron chi connectivity index (χ1n) is 9.72. The predicted octanol–water partition coefficient (Wildman–Crippen LogP) is 4.74. The van der Waals surface area contributed by atoms with Gasteiger partial charge in [0, 0.05) is 16.5 Å². The number of phenolic OH excluding ortho intramolecular Hbond substituents is 1. The van der Waals surface area contributed by atoms with Crippen LogP contribution in [0.4, 0.5) is 0 Å². The highest BCUT2D eigenvalue weighted by Gasteiger charge is 2.40. The molecule has 5 heteroatoms. The lowest BCUT2D eigenvalue weighted by Crippen LogP contribution is -2.46. The minimum atomic E-state index is -0.511. The van der Waals surface area contributed by atoms with Gasteiger partial charge in [0.2, 0.25) is 0 Å². The predicted molar refractivity (Wildman–Crippen MR) is 114 cm³/mol. The van der Waals surface area contributed by atoms with Gasteiger partial charge in [-0.3, -0.25) is 9.59 Å². The molecule has 3 rings (SSSR count). The molecule has 0 radical (unpaired) electrons. The summed E-state index contributed by atoms with van der Waals surface area (Å²) in [7, 11) is 0. The van der Waals surface area contributed by atoms with Gasteiger partial charge in [0.15, 0.2) is 5.78 Å². The minimum absolute atomic E-state index is 0.156. The Balaban J connectivity index is 1.53. The smallest absolute Gasteiger partial charge is 0.162 e. The van der Waals surface area contributed by atoms with Gasteiger partial charge in [-0.1, -0.05) is 40.2 Å². The van der Waals surface area contributed by atoms with Crippen molar-refractivity contribution >= 4 is 27.5 Å². The van der Waals surface area contributed by atoms with Crippen molar-refractivity contribution in [2.75, 3.05) is 19.6 Å². The zero-order chi connectivity index (χ0) is 20.1. The van der Waals surface area contributed by atoms with Crippen LogP contribution in [0.5, 0.6) is 5.75 Å². The largest absolute Gasteiger partial charge is 0.508 e. The van der Waals surface area contributed by atoms with Gasteiger partial charge in [-0.05, 0) is 75.6 Å². The van der Waals surface area contributed by atoms with Gasteiger partial charge in [0.1, 0.15) is 11.5 Å². The monoisotopic (exact) mass is 443 g/mol. The van der Waals surface area contributed by atoms with Gasteiger partial charge >= 0.3 is 0 Å². The summed E-state index contributed by atoms with van der Waals surface area (Å²) in [5, 5.41) is 9.81. The third-order valence-electron chi connectivity index (χ3n) is 5.83. The minimum Gasteiger partial charge on any atom is -0.508 e. The summed E-state index contributed by atoms with van der Waals surface area (Å²) in [6.07, 6.45) is 2.83. The highest BCUT2D eigenvalue weighted by Crippen LogP contribution is 2.37. The number of halogens is 1. The molecule has 1 heterocycles. The molecule has 1 fully saturated rings. The highest BCUT2D eigenvalue weighted by atomic mass is 79.9. The topological polar surface area (TPSA) is 57.6 Å². The van der Waals surface area contributed by atoms with Crippen LogP contribution in [0.25, 0.3) is 0 Å². The number of benzene rings is 2. The number of likely N-dealkylation sites (tertiary alicyclic amines) is 1. The van der Waals surface area contributed by atoms with Gasteiger partial charge in [-0.25, -0.2) is 0 Å². The maximum atomic E-state index is 12.5. The van der Waals surface area contributed by atoms with E-state index >= 15 is 0 Å². The Morgan fingerprint density at radius 2 is 1.79 bits per heavy atom. The summed E-state index contributed by atoms with van der Waals surface area (Å²) in [5.41, 5.74) is 1.15. The Morgan fingerprint density at radius 1 is 1.11 bits per heavy atom. The van der Waals surface area contributed by atoms with Crippen LogP contribution >= 0.6 is 15.9 Å². The van der Waals surface area contributed by atoms with E-state index in [1.54, 1.807) is 25.1 Å². The van der Waals surface area contributed by atoms with Crippen LogP contribution in [0.3, 0.4) is 0 Å². The van der Waals surface area contributed by atoms with Crippen molar-refractivity contribution < 1.29 is 14.7 Å². The number of Topliss-reactive ketones (excluding diaryl/α,β-unsaturated/α-hetero) is 2. The Bertz CT molecular complexity index is 839. The van der Waals surface area contributed by atoms with Crippen LogP contribution in [0.15, 0.2) is 53.0 Å². The number of piperidine rings is 1. The number of carbonyl (C=O) groups is 2. The number of hydrogen-bond acceptors (Lipinski definition) is 4. The van der Waals surface area contributed by atoms with Crippen molar-refractivity contribution in [2.45, 2.75) is 38.0 Å². The van der Waals surface area contributed by atoms with Gasteiger partial charge < -0.3 is 10.0 Å². The summed E-state index contributed by atoms with van der Waals surface area (Å²) in [5.74, 6) is 0.525. The van der Waals surface area contributed by atoms with E-state index in [9.17, 15) is 14.7 Å². The number of hydrogen-bond donors (Lipinski definition) is 1. The van der Waals surface area contributed by atoms with Gasteiger partial charge in [0.25, 0.3) is 0 Å². The molecular formula is C23H26BrNO3. The normalized spacial score (nSPS) is 16.6. The van der Waals surface area contributed by atoms with Crippen molar-refractivity contribution in [1.29, 1.82) is 0 Å². The fourth-order valence-corrected chi connectivity index (χ4v) is 4.31. The molecule has 0 atom stereocenters. The Kier molecular flexibility index (Phi) is 6.68. The zero-order valence-electron chi connectivity index (χ0n) is 16.2. The van der Waals surface area contributed by atoms with Crippen molar-refractivity contribution in [3.63, 3.8) is 0 Å². The summed E-state index contributed by atoms with van der Waals surface area (Å²) >= 11 is 3.38. The molecule has 0 unspecified atom stereocenters. The number of nitrogens with zero attached hydrogens (tertiary/aromatic N) is 1. The Morgan fingerprint density at radius 3 is 2.39 bits per heavy atom. The molecule has 0 amide bonds. The molecule has 28 heavy (non-hydrogen) atoms. The van der Waals surface area contributed by atoms with E-state index in [1.165, 1.54) is 0 Å². The molecule has 4 nitrogen and oxygen atoms in total.